The van der Waals surface area contributed by atoms with Crippen molar-refractivity contribution in [2.45, 2.75) is 37.5 Å². The number of ether oxygens (including phenoxy) is 3. The number of methoxy groups -OCH3 is 1. The van der Waals surface area contributed by atoms with Gasteiger partial charge in [0.1, 0.15) is 11.3 Å². The van der Waals surface area contributed by atoms with Gasteiger partial charge < -0.3 is 14.2 Å². The summed E-state index contributed by atoms with van der Waals surface area (Å²) < 4.78 is 43.4. The van der Waals surface area contributed by atoms with Crippen molar-refractivity contribution in [3.8, 4) is 5.75 Å². The van der Waals surface area contributed by atoms with E-state index in [2.05, 4.69) is 6.58 Å². The van der Waals surface area contributed by atoms with Crippen molar-refractivity contribution in [1.29, 1.82) is 0 Å². The Bertz CT molecular complexity index is 817. The second kappa shape index (κ2) is 11.5. The summed E-state index contributed by atoms with van der Waals surface area (Å²) in [7, 11) is -0.936. The molecule has 8 heteroatoms. The van der Waals surface area contributed by atoms with E-state index in [-0.39, 0.29) is 16.4 Å². The number of hydrogen-bond acceptors (Lipinski definition) is 6. The fourth-order valence-electron chi connectivity index (χ4n) is 3.40. The van der Waals surface area contributed by atoms with Gasteiger partial charge in [0.25, 0.3) is 0 Å². The van der Waals surface area contributed by atoms with Gasteiger partial charge in [-0.25, -0.2) is 17.5 Å². The molecule has 0 aromatic heterocycles. The smallest absolute Gasteiger partial charge is 0.341 e. The minimum atomic E-state index is -3.75. The van der Waals surface area contributed by atoms with E-state index >= 15 is 0 Å². The number of esters is 1. The molecule has 30 heavy (non-hydrogen) atoms. The van der Waals surface area contributed by atoms with E-state index in [1.807, 2.05) is 13.0 Å². The zero-order valence-electron chi connectivity index (χ0n) is 18.1. The number of nitrogens with zero attached hydrogens (tertiary/aromatic N) is 1. The van der Waals surface area contributed by atoms with Crippen LogP contribution in [-0.2, 0) is 19.5 Å². The second-order valence-corrected chi connectivity index (χ2v) is 9.82. The maximum Gasteiger partial charge on any atom is 0.341 e. The minimum absolute atomic E-state index is 0.0414. The zero-order chi connectivity index (χ0) is 22.1. The summed E-state index contributed by atoms with van der Waals surface area (Å²) in [4.78, 5) is 12.3. The Morgan fingerprint density at radius 1 is 1.37 bits per heavy atom. The standard InChI is InChI=1S/C22H33NO6S/c1-5-6-7-17(2)15-23(3)30(25,26)19-8-9-21(20(14-19)22(24)27-4)29-16-18-10-12-28-13-11-18/h5,8-9,14,17-18H,1,6-7,10-13,15-16H2,2-4H3. The highest BCUT2D eigenvalue weighted by Crippen LogP contribution is 2.27. The largest absolute Gasteiger partial charge is 0.492 e. The molecule has 1 aromatic rings. The molecular weight excluding hydrogens is 406 g/mol. The third-order valence-corrected chi connectivity index (χ3v) is 7.13. The van der Waals surface area contributed by atoms with Crippen LogP contribution in [0.15, 0.2) is 35.7 Å². The van der Waals surface area contributed by atoms with Crippen molar-refractivity contribution in [2.24, 2.45) is 11.8 Å². The summed E-state index contributed by atoms with van der Waals surface area (Å²) in [6.45, 7) is 7.93. The molecule has 0 bridgehead atoms. The molecule has 7 nitrogen and oxygen atoms in total. The normalized spacial score (nSPS) is 16.3. The van der Waals surface area contributed by atoms with Crippen LogP contribution in [0.3, 0.4) is 0 Å². The van der Waals surface area contributed by atoms with Crippen molar-refractivity contribution in [3.63, 3.8) is 0 Å². The fourth-order valence-corrected chi connectivity index (χ4v) is 4.71. The van der Waals surface area contributed by atoms with Gasteiger partial charge in [-0.05, 0) is 55.7 Å². The first-order valence-corrected chi connectivity index (χ1v) is 11.7. The Morgan fingerprint density at radius 3 is 2.70 bits per heavy atom. The highest BCUT2D eigenvalue weighted by atomic mass is 32.2. The van der Waals surface area contributed by atoms with Gasteiger partial charge in [0.15, 0.2) is 0 Å². The molecule has 1 saturated heterocycles. The maximum absolute atomic E-state index is 13.0. The molecule has 0 radical (unpaired) electrons. The molecule has 1 atom stereocenters. The predicted octanol–water partition coefficient (Wildman–Crippen LogP) is 3.50. The number of carbonyl (C=O) groups is 1. The first-order valence-electron chi connectivity index (χ1n) is 10.3. The first-order chi connectivity index (χ1) is 14.3. The number of rotatable bonds is 11. The second-order valence-electron chi connectivity index (χ2n) is 7.77. The van der Waals surface area contributed by atoms with Gasteiger partial charge >= 0.3 is 5.97 Å². The molecule has 1 aliphatic heterocycles. The number of hydrogen-bond donors (Lipinski definition) is 0. The summed E-state index contributed by atoms with van der Waals surface area (Å²) in [6, 6.07) is 4.35. The van der Waals surface area contributed by atoms with Gasteiger partial charge in [-0.2, -0.15) is 0 Å². The molecular formula is C22H33NO6S. The van der Waals surface area contributed by atoms with Gasteiger partial charge in [-0.3, -0.25) is 0 Å². The average Bonchev–Trinajstić information content (AvgIpc) is 2.76. The van der Waals surface area contributed by atoms with Crippen LogP contribution in [0, 0.1) is 11.8 Å². The molecule has 0 amide bonds. The van der Waals surface area contributed by atoms with Gasteiger partial charge in [0, 0.05) is 26.8 Å². The van der Waals surface area contributed by atoms with Crippen LogP contribution in [0.5, 0.6) is 5.75 Å². The molecule has 0 saturated carbocycles. The lowest BCUT2D eigenvalue weighted by Gasteiger charge is -2.23. The van der Waals surface area contributed by atoms with Crippen molar-refractivity contribution in [3.05, 3.63) is 36.4 Å². The SMILES string of the molecule is C=CCCC(C)CN(C)S(=O)(=O)c1ccc(OCC2CCOCC2)c(C(=O)OC)c1. The highest BCUT2D eigenvalue weighted by Gasteiger charge is 2.26. The van der Waals surface area contributed by atoms with Crippen LogP contribution in [-0.4, -0.2) is 59.2 Å². The molecule has 0 aliphatic carbocycles. The molecule has 1 unspecified atom stereocenters. The van der Waals surface area contributed by atoms with E-state index in [1.54, 1.807) is 7.05 Å². The van der Waals surface area contributed by atoms with Gasteiger partial charge in [-0.1, -0.05) is 13.0 Å². The van der Waals surface area contributed by atoms with E-state index in [1.165, 1.54) is 29.6 Å². The van der Waals surface area contributed by atoms with E-state index in [4.69, 9.17) is 14.2 Å². The van der Waals surface area contributed by atoms with Crippen LogP contribution in [0.2, 0.25) is 0 Å². The lowest BCUT2D eigenvalue weighted by molar-refractivity contribution is 0.0483. The Balaban J connectivity index is 2.19. The van der Waals surface area contributed by atoms with Crippen molar-refractivity contribution >= 4 is 16.0 Å². The van der Waals surface area contributed by atoms with Gasteiger partial charge in [0.2, 0.25) is 10.0 Å². The topological polar surface area (TPSA) is 82.1 Å². The van der Waals surface area contributed by atoms with E-state index < -0.39 is 16.0 Å². The van der Waals surface area contributed by atoms with E-state index in [0.29, 0.717) is 38.0 Å². The Kier molecular flexibility index (Phi) is 9.33. The summed E-state index contributed by atoms with van der Waals surface area (Å²) >= 11 is 0. The van der Waals surface area contributed by atoms with Crippen molar-refractivity contribution in [2.75, 3.05) is 40.5 Å². The predicted molar refractivity (Wildman–Crippen MR) is 115 cm³/mol. The summed E-state index contributed by atoms with van der Waals surface area (Å²) in [5, 5.41) is 0. The Morgan fingerprint density at radius 2 is 2.07 bits per heavy atom. The minimum Gasteiger partial charge on any atom is -0.492 e. The quantitative estimate of drug-likeness (QED) is 0.388. The van der Waals surface area contributed by atoms with Crippen LogP contribution in [0.25, 0.3) is 0 Å². The Labute approximate surface area is 180 Å². The highest BCUT2D eigenvalue weighted by molar-refractivity contribution is 7.89. The van der Waals surface area contributed by atoms with Crippen LogP contribution in [0.4, 0.5) is 0 Å². The molecule has 1 aromatic carbocycles. The monoisotopic (exact) mass is 439 g/mol. The third kappa shape index (κ3) is 6.55. The first kappa shape index (κ1) is 24.4. The third-order valence-electron chi connectivity index (χ3n) is 5.31. The van der Waals surface area contributed by atoms with Crippen LogP contribution < -0.4 is 4.74 Å². The lowest BCUT2D eigenvalue weighted by atomic mass is 10.0. The zero-order valence-corrected chi connectivity index (χ0v) is 18.9. The molecule has 1 aliphatic rings. The van der Waals surface area contributed by atoms with E-state index in [0.717, 1.165) is 25.7 Å². The van der Waals surface area contributed by atoms with Crippen molar-refractivity contribution in [1.82, 2.24) is 4.31 Å². The summed E-state index contributed by atoms with van der Waals surface area (Å²) in [5.41, 5.74) is 0.110. The number of benzene rings is 1. The summed E-state index contributed by atoms with van der Waals surface area (Å²) in [5.74, 6) is 0.228. The molecule has 1 fully saturated rings. The molecule has 2 rings (SSSR count). The number of sulfonamides is 1. The number of carbonyl (C=O) groups excluding carboxylic acids is 1. The van der Waals surface area contributed by atoms with E-state index in [9.17, 15) is 13.2 Å². The maximum atomic E-state index is 13.0. The van der Waals surface area contributed by atoms with Gasteiger partial charge in [0.05, 0.1) is 18.6 Å². The lowest BCUT2D eigenvalue weighted by Crippen LogP contribution is -2.31. The van der Waals surface area contributed by atoms with Gasteiger partial charge in [-0.15, -0.1) is 6.58 Å². The number of allylic oxidation sites excluding steroid dienone is 1. The van der Waals surface area contributed by atoms with Crippen LogP contribution >= 0.6 is 0 Å². The molecule has 0 N–H and O–H groups in total. The molecule has 0 spiro atoms. The van der Waals surface area contributed by atoms with Crippen molar-refractivity contribution < 1.29 is 27.4 Å². The Hall–Kier alpha value is -1.90. The summed E-state index contributed by atoms with van der Waals surface area (Å²) in [6.07, 6.45) is 5.31. The fraction of sp³-hybridized carbons (Fsp3) is 0.591. The molecule has 168 valence electrons. The molecule has 1 heterocycles. The average molecular weight is 440 g/mol. The van der Waals surface area contributed by atoms with Crippen LogP contribution in [0.1, 0.15) is 43.0 Å².